The van der Waals surface area contributed by atoms with Crippen molar-refractivity contribution in [1.82, 2.24) is 0 Å². The Kier molecular flexibility index (Phi) is 21.0. The van der Waals surface area contributed by atoms with Crippen molar-refractivity contribution in [3.05, 3.63) is 0 Å². The molecule has 4 heteroatoms. The summed E-state index contributed by atoms with van der Waals surface area (Å²) in [6, 6.07) is 0. The Morgan fingerprint density at radius 3 is 1.75 bits per heavy atom. The first kappa shape index (κ1) is 8.82. The smallest absolute Gasteiger partial charge is 0.168 e. The molecule has 0 aliphatic carbocycles. The molecule has 0 rings (SSSR count). The highest BCUT2D eigenvalue weighted by molar-refractivity contribution is 8.11. The summed E-state index contributed by atoms with van der Waals surface area (Å²) in [4.78, 5) is 0. The Labute approximate surface area is 39.6 Å². The van der Waals surface area contributed by atoms with Crippen molar-refractivity contribution >= 4 is 34.9 Å². The van der Waals surface area contributed by atoms with Gasteiger partial charge in [-0.15, -0.1) is 0 Å². The molecule has 0 fully saturated rings. The Hall–Kier alpha value is 0.590. The molecule has 0 heterocycles. The average Bonchev–Trinajstić information content (AvgIpc) is 0.918. The molecule has 0 aliphatic heterocycles. The van der Waals surface area contributed by atoms with Gasteiger partial charge in [0.05, 0.1) is 0 Å². The van der Waals surface area contributed by atoms with Gasteiger partial charge in [0.2, 0.25) is 0 Å². The monoisotopic (exact) mass is 114 g/mol. The number of rotatable bonds is 0. The van der Waals surface area contributed by atoms with Gasteiger partial charge < -0.3 is 0 Å². The molecule has 0 aromatic heterocycles. The molecular weight excluding hydrogens is 112 g/mol. The Morgan fingerprint density at radius 1 is 1.75 bits per heavy atom. The molecule has 0 bridgehead atoms. The first-order valence-corrected chi connectivity index (χ1v) is 2.00. The molecule has 0 radical (unpaired) electrons. The van der Waals surface area contributed by atoms with Crippen molar-refractivity contribution in [3.63, 3.8) is 0 Å². The van der Waals surface area contributed by atoms with Crippen molar-refractivity contribution in [2.75, 3.05) is 0 Å². The molecule has 0 unspecified atom stereocenters. The van der Waals surface area contributed by atoms with Gasteiger partial charge in [0, 0.05) is 11.2 Å². The van der Waals surface area contributed by atoms with Crippen LogP contribution in [0.2, 0.25) is 0 Å². The zero-order valence-electron chi connectivity index (χ0n) is 1.72. The molecule has 0 aromatic carbocycles. The van der Waals surface area contributed by atoms with Crippen LogP contribution in [0.1, 0.15) is 0 Å². The predicted octanol–water partition coefficient (Wildman–Crippen LogP) is -0.226. The van der Waals surface area contributed by atoms with E-state index in [2.05, 4.69) is 11.2 Å². The quantitative estimate of drug-likeness (QED) is 0.433. The highest BCUT2D eigenvalue weighted by atomic mass is 32.8. The first-order valence-electron chi connectivity index (χ1n) is 0.333. The van der Waals surface area contributed by atoms with E-state index in [-0.39, 0.29) is 23.7 Å². The summed E-state index contributed by atoms with van der Waals surface area (Å²) in [6.07, 6.45) is 0. The molecule has 0 saturated carbocycles. The van der Waals surface area contributed by atoms with Crippen molar-refractivity contribution in [2.24, 2.45) is 0 Å². The van der Waals surface area contributed by atoms with E-state index in [0.29, 0.717) is 0 Å². The lowest BCUT2D eigenvalue weighted by molar-refractivity contribution is 0.702. The molecule has 26 valence electrons. The molecular formula is H2OS3. The minimum atomic E-state index is 0. The van der Waals surface area contributed by atoms with E-state index in [9.17, 15) is 0 Å². The van der Waals surface area contributed by atoms with E-state index in [1.54, 1.807) is 0 Å². The lowest BCUT2D eigenvalue weighted by atomic mass is 16.0. The van der Waals surface area contributed by atoms with Crippen LogP contribution in [0, 0.1) is 0 Å². The summed E-state index contributed by atoms with van der Waals surface area (Å²) in [6.45, 7) is 0. The fraction of sp³-hybridized carbons (Fsp3) is 0. The van der Waals surface area contributed by atoms with Crippen LogP contribution in [0.15, 0.2) is 0 Å². The minimum Gasteiger partial charge on any atom is -0.200 e. The maximum Gasteiger partial charge on any atom is 0.168 e. The number of hydrogen-bond acceptors (Lipinski definition) is 2. The third-order valence-electron chi connectivity index (χ3n) is 0. The first-order chi connectivity index (χ1) is 1.41. The zero-order valence-corrected chi connectivity index (χ0v) is 4.36. The SMILES string of the molecule is O=S=S.S. The standard InChI is InChI=1S/OS2.H2S/c1-3-2;/h;1H2. The van der Waals surface area contributed by atoms with Crippen LogP contribution in [0.4, 0.5) is 0 Å². The normalized spacial score (nSPS) is 3.00. The Bertz CT molecular complexity index is 24.3. The van der Waals surface area contributed by atoms with Gasteiger partial charge in [-0.2, -0.15) is 17.7 Å². The largest absolute Gasteiger partial charge is 0.200 e. The van der Waals surface area contributed by atoms with Crippen LogP contribution in [0.5, 0.6) is 0 Å². The molecule has 0 aliphatic rings. The summed E-state index contributed by atoms with van der Waals surface area (Å²) in [5.74, 6) is 0. The molecule has 0 saturated heterocycles. The van der Waals surface area contributed by atoms with Crippen LogP contribution in [0.25, 0.3) is 0 Å². The van der Waals surface area contributed by atoms with Crippen LogP contribution < -0.4 is 0 Å². The van der Waals surface area contributed by atoms with E-state index in [1.165, 1.54) is 0 Å². The lowest BCUT2D eigenvalue weighted by Gasteiger charge is -0.974. The van der Waals surface area contributed by atoms with Crippen LogP contribution >= 0.6 is 13.5 Å². The molecule has 0 aromatic rings. The van der Waals surface area contributed by atoms with Crippen molar-refractivity contribution < 1.29 is 4.21 Å². The van der Waals surface area contributed by atoms with Gasteiger partial charge in [-0.25, -0.2) is 0 Å². The van der Waals surface area contributed by atoms with Gasteiger partial charge in [-0.05, 0) is 0 Å². The van der Waals surface area contributed by atoms with Crippen molar-refractivity contribution in [1.29, 1.82) is 0 Å². The Morgan fingerprint density at radius 2 is 1.75 bits per heavy atom. The second-order valence-electron chi connectivity index (χ2n) is 0.0680. The van der Waals surface area contributed by atoms with Crippen LogP contribution in [-0.2, 0) is 21.4 Å². The predicted molar refractivity (Wildman–Crippen MR) is 25.9 cm³/mol. The third kappa shape index (κ3) is 18.8. The highest BCUT2D eigenvalue weighted by Crippen LogP contribution is 0.930. The van der Waals surface area contributed by atoms with Crippen LogP contribution in [-0.4, -0.2) is 4.21 Å². The van der Waals surface area contributed by atoms with Crippen molar-refractivity contribution in [3.8, 4) is 0 Å². The van der Waals surface area contributed by atoms with Gasteiger partial charge in [0.1, 0.15) is 0 Å². The fourth-order valence-electron chi connectivity index (χ4n) is 0. The Balaban J connectivity index is 0. The maximum atomic E-state index is 8.66. The molecule has 0 amide bonds. The van der Waals surface area contributed by atoms with E-state index >= 15 is 0 Å². The lowest BCUT2D eigenvalue weighted by Crippen LogP contribution is -1.10. The fourth-order valence-corrected chi connectivity index (χ4v) is 0. The molecule has 4 heavy (non-hydrogen) atoms. The van der Waals surface area contributed by atoms with Gasteiger partial charge in [-0.1, -0.05) is 0 Å². The number of hydrogen-bond donors (Lipinski definition) is 0. The van der Waals surface area contributed by atoms with E-state index in [0.717, 1.165) is 0 Å². The summed E-state index contributed by atoms with van der Waals surface area (Å²) in [7, 11) is 0.0833. The van der Waals surface area contributed by atoms with E-state index in [4.69, 9.17) is 4.21 Å². The molecule has 1 nitrogen and oxygen atoms in total. The maximum absolute atomic E-state index is 8.66. The van der Waals surface area contributed by atoms with Gasteiger partial charge in [0.15, 0.2) is 10.2 Å². The van der Waals surface area contributed by atoms with Gasteiger partial charge >= 0.3 is 0 Å². The summed E-state index contributed by atoms with van der Waals surface area (Å²) in [5.41, 5.74) is 0. The second-order valence-corrected chi connectivity index (χ2v) is 0.612. The van der Waals surface area contributed by atoms with Gasteiger partial charge in [0.25, 0.3) is 0 Å². The van der Waals surface area contributed by atoms with Gasteiger partial charge in [-0.3, -0.25) is 0 Å². The topological polar surface area (TPSA) is 17.1 Å². The summed E-state index contributed by atoms with van der Waals surface area (Å²) >= 11 is 3.75. The molecule has 0 atom stereocenters. The third-order valence-corrected chi connectivity index (χ3v) is 0. The average molecular weight is 114 g/mol. The van der Waals surface area contributed by atoms with Crippen LogP contribution in [0.3, 0.4) is 0 Å². The highest BCUT2D eigenvalue weighted by Gasteiger charge is 1.06. The molecule has 0 spiro atoms. The van der Waals surface area contributed by atoms with E-state index in [1.807, 2.05) is 0 Å². The second kappa shape index (κ2) is 9.53. The minimum absolute atomic E-state index is 0. The van der Waals surface area contributed by atoms with E-state index < -0.39 is 0 Å². The van der Waals surface area contributed by atoms with Crippen molar-refractivity contribution in [2.45, 2.75) is 0 Å². The summed E-state index contributed by atoms with van der Waals surface area (Å²) in [5, 5.41) is 0. The zero-order chi connectivity index (χ0) is 2.71. The molecule has 0 N–H and O–H groups in total. The summed E-state index contributed by atoms with van der Waals surface area (Å²) < 4.78 is 8.66.